The van der Waals surface area contributed by atoms with Gasteiger partial charge in [-0.25, -0.2) is 4.99 Å². The van der Waals surface area contributed by atoms with Gasteiger partial charge in [0.2, 0.25) is 0 Å². The molecule has 0 radical (unpaired) electrons. The van der Waals surface area contributed by atoms with Crippen molar-refractivity contribution in [3.05, 3.63) is 23.8 Å². The van der Waals surface area contributed by atoms with E-state index in [0.29, 0.717) is 6.54 Å². The quantitative estimate of drug-likeness (QED) is 0.321. The van der Waals surface area contributed by atoms with Crippen LogP contribution in [0.25, 0.3) is 0 Å². The predicted octanol–water partition coefficient (Wildman–Crippen LogP) is 2.49. The molecule has 0 spiro atoms. The second kappa shape index (κ2) is 12.3. The molecule has 0 bridgehead atoms. The Balaban J connectivity index is 0.00000392. The maximum absolute atomic E-state index is 5.46. The molecular formula is C20H35IN4O3. The van der Waals surface area contributed by atoms with Crippen molar-refractivity contribution in [2.45, 2.75) is 32.9 Å². The average molecular weight is 506 g/mol. The van der Waals surface area contributed by atoms with E-state index in [2.05, 4.69) is 36.3 Å². The van der Waals surface area contributed by atoms with Crippen LogP contribution in [0, 0.1) is 0 Å². The van der Waals surface area contributed by atoms with Crippen LogP contribution >= 0.6 is 24.0 Å². The monoisotopic (exact) mass is 506 g/mol. The molecule has 1 fully saturated rings. The highest BCUT2D eigenvalue weighted by Crippen LogP contribution is 2.27. The lowest BCUT2D eigenvalue weighted by Gasteiger charge is -2.41. The third kappa shape index (κ3) is 7.29. The zero-order chi connectivity index (χ0) is 19.7. The van der Waals surface area contributed by atoms with Crippen LogP contribution < -0.4 is 20.1 Å². The van der Waals surface area contributed by atoms with Crippen molar-refractivity contribution in [1.29, 1.82) is 0 Å². The number of rotatable bonds is 8. The first-order valence-corrected chi connectivity index (χ1v) is 9.56. The lowest BCUT2D eigenvalue weighted by atomic mass is 10.0. The highest BCUT2D eigenvalue weighted by molar-refractivity contribution is 14.0. The minimum absolute atomic E-state index is 0. The number of nitrogens with one attached hydrogen (secondary N) is 2. The first-order valence-electron chi connectivity index (χ1n) is 9.56. The molecule has 0 amide bonds. The number of benzene rings is 1. The molecule has 0 saturated carbocycles. The maximum Gasteiger partial charge on any atom is 0.191 e. The number of ether oxygens (including phenoxy) is 3. The van der Waals surface area contributed by atoms with Gasteiger partial charge in [0.25, 0.3) is 0 Å². The molecule has 8 heteroatoms. The standard InChI is InChI=1S/C20H34N4O3.HI/c1-6-21-19(23-15-20(2,3)24-9-11-27-12-10-24)22-14-16-7-8-17(25-4)18(13-16)26-5;/h7-8,13H,6,9-12,14-15H2,1-5H3,(H2,21,22,23);1H. The van der Waals surface area contributed by atoms with Gasteiger partial charge in [0.1, 0.15) is 0 Å². The van der Waals surface area contributed by atoms with E-state index in [1.807, 2.05) is 18.2 Å². The van der Waals surface area contributed by atoms with Gasteiger partial charge in [0, 0.05) is 31.7 Å². The third-order valence-corrected chi connectivity index (χ3v) is 4.77. The zero-order valence-electron chi connectivity index (χ0n) is 17.7. The van der Waals surface area contributed by atoms with Gasteiger partial charge in [0.05, 0.1) is 34.0 Å². The Morgan fingerprint density at radius 2 is 1.82 bits per heavy atom. The largest absolute Gasteiger partial charge is 0.493 e. The Bertz CT molecular complexity index is 619. The van der Waals surface area contributed by atoms with Gasteiger partial charge in [-0.15, -0.1) is 24.0 Å². The number of methoxy groups -OCH3 is 2. The molecule has 28 heavy (non-hydrogen) atoms. The molecule has 0 aliphatic carbocycles. The second-order valence-electron chi connectivity index (χ2n) is 7.15. The number of aliphatic imine (C=N–C) groups is 1. The molecule has 7 nitrogen and oxygen atoms in total. The summed E-state index contributed by atoms with van der Waals surface area (Å²) in [6.07, 6.45) is 0. The highest BCUT2D eigenvalue weighted by atomic mass is 127. The van der Waals surface area contributed by atoms with E-state index in [4.69, 9.17) is 19.2 Å². The van der Waals surface area contributed by atoms with Crippen LogP contribution in [0.3, 0.4) is 0 Å². The van der Waals surface area contributed by atoms with E-state index in [0.717, 1.165) is 62.4 Å². The molecule has 1 aliphatic heterocycles. The Hall–Kier alpha value is -1.26. The van der Waals surface area contributed by atoms with Gasteiger partial charge in [-0.05, 0) is 38.5 Å². The van der Waals surface area contributed by atoms with Crippen molar-refractivity contribution in [3.63, 3.8) is 0 Å². The van der Waals surface area contributed by atoms with E-state index in [1.165, 1.54) is 0 Å². The van der Waals surface area contributed by atoms with Crippen molar-refractivity contribution in [2.24, 2.45) is 4.99 Å². The summed E-state index contributed by atoms with van der Waals surface area (Å²) in [5.74, 6) is 2.26. The van der Waals surface area contributed by atoms with Crippen molar-refractivity contribution in [2.75, 3.05) is 53.6 Å². The summed E-state index contributed by atoms with van der Waals surface area (Å²) >= 11 is 0. The number of nitrogens with zero attached hydrogens (tertiary/aromatic N) is 2. The molecule has 1 aliphatic rings. The number of guanidine groups is 1. The third-order valence-electron chi connectivity index (χ3n) is 4.77. The van der Waals surface area contributed by atoms with Gasteiger partial charge in [-0.2, -0.15) is 0 Å². The predicted molar refractivity (Wildman–Crippen MR) is 124 cm³/mol. The first-order chi connectivity index (χ1) is 13.0. The molecule has 2 rings (SSSR count). The van der Waals surface area contributed by atoms with Crippen molar-refractivity contribution >= 4 is 29.9 Å². The van der Waals surface area contributed by atoms with E-state index in [-0.39, 0.29) is 29.5 Å². The molecule has 2 N–H and O–H groups in total. The summed E-state index contributed by atoms with van der Waals surface area (Å²) in [4.78, 5) is 7.18. The van der Waals surface area contributed by atoms with Crippen molar-refractivity contribution in [1.82, 2.24) is 15.5 Å². The van der Waals surface area contributed by atoms with Gasteiger partial charge in [-0.1, -0.05) is 6.07 Å². The van der Waals surface area contributed by atoms with Crippen molar-refractivity contribution in [3.8, 4) is 11.5 Å². The van der Waals surface area contributed by atoms with Crippen LogP contribution in [0.4, 0.5) is 0 Å². The molecule has 1 aromatic rings. The van der Waals surface area contributed by atoms with Crippen LogP contribution in [0.15, 0.2) is 23.2 Å². The second-order valence-corrected chi connectivity index (χ2v) is 7.15. The SMILES string of the molecule is CCNC(=NCc1ccc(OC)c(OC)c1)NCC(C)(C)N1CCOCC1.I. The maximum atomic E-state index is 5.46. The molecule has 1 aromatic carbocycles. The molecule has 0 unspecified atom stereocenters. The van der Waals surface area contributed by atoms with Crippen LogP contribution in [0.2, 0.25) is 0 Å². The Morgan fingerprint density at radius 1 is 1.14 bits per heavy atom. The van der Waals surface area contributed by atoms with E-state index >= 15 is 0 Å². The normalized spacial score (nSPS) is 15.5. The molecule has 160 valence electrons. The number of hydrogen-bond donors (Lipinski definition) is 2. The van der Waals surface area contributed by atoms with Gasteiger partial charge in [-0.3, -0.25) is 4.90 Å². The van der Waals surface area contributed by atoms with Gasteiger partial charge in [0.15, 0.2) is 17.5 Å². The van der Waals surface area contributed by atoms with Crippen LogP contribution in [0.5, 0.6) is 11.5 Å². The van der Waals surface area contributed by atoms with Crippen LogP contribution in [-0.4, -0.2) is 70.0 Å². The number of morpholine rings is 1. The summed E-state index contributed by atoms with van der Waals surface area (Å²) < 4.78 is 16.1. The lowest BCUT2D eigenvalue weighted by Crippen LogP contribution is -2.56. The number of halogens is 1. The molecule has 0 atom stereocenters. The van der Waals surface area contributed by atoms with E-state index in [1.54, 1.807) is 14.2 Å². The average Bonchev–Trinajstić information content (AvgIpc) is 2.70. The van der Waals surface area contributed by atoms with E-state index < -0.39 is 0 Å². The fraction of sp³-hybridized carbons (Fsp3) is 0.650. The minimum Gasteiger partial charge on any atom is -0.493 e. The van der Waals surface area contributed by atoms with Crippen molar-refractivity contribution < 1.29 is 14.2 Å². The lowest BCUT2D eigenvalue weighted by molar-refractivity contribution is -0.00834. The highest BCUT2D eigenvalue weighted by Gasteiger charge is 2.28. The topological polar surface area (TPSA) is 67.4 Å². The zero-order valence-corrected chi connectivity index (χ0v) is 20.0. The Kier molecular flexibility index (Phi) is 10.9. The summed E-state index contributed by atoms with van der Waals surface area (Å²) in [7, 11) is 3.28. The van der Waals surface area contributed by atoms with Gasteiger partial charge < -0.3 is 24.8 Å². The Labute approximate surface area is 186 Å². The fourth-order valence-electron chi connectivity index (χ4n) is 3.07. The first kappa shape index (κ1) is 24.8. The molecule has 1 saturated heterocycles. The fourth-order valence-corrected chi connectivity index (χ4v) is 3.07. The summed E-state index contributed by atoms with van der Waals surface area (Å²) in [6.45, 7) is 12.3. The smallest absolute Gasteiger partial charge is 0.191 e. The molecular weight excluding hydrogens is 471 g/mol. The summed E-state index contributed by atoms with van der Waals surface area (Å²) in [5.41, 5.74) is 1.10. The molecule has 1 heterocycles. The van der Waals surface area contributed by atoms with Crippen LogP contribution in [0.1, 0.15) is 26.3 Å². The summed E-state index contributed by atoms with van der Waals surface area (Å²) in [6, 6.07) is 5.88. The van der Waals surface area contributed by atoms with E-state index in [9.17, 15) is 0 Å². The minimum atomic E-state index is 0. The van der Waals surface area contributed by atoms with Crippen LogP contribution in [-0.2, 0) is 11.3 Å². The van der Waals surface area contributed by atoms with Gasteiger partial charge >= 0.3 is 0 Å². The Morgan fingerprint density at radius 3 is 2.43 bits per heavy atom. The summed E-state index contributed by atoms with van der Waals surface area (Å²) in [5, 5.41) is 6.80. The molecule has 0 aromatic heterocycles. The number of hydrogen-bond acceptors (Lipinski definition) is 5.